The van der Waals surface area contributed by atoms with Crippen molar-refractivity contribution in [3.63, 3.8) is 0 Å². The number of nitrogens with zero attached hydrogens (tertiary/aromatic N) is 3. The second-order valence-electron chi connectivity index (χ2n) is 4.75. The zero-order valence-corrected chi connectivity index (χ0v) is 11.3. The Balaban J connectivity index is 1.56. The predicted octanol–water partition coefficient (Wildman–Crippen LogP) is 2.56. The fourth-order valence-electron chi connectivity index (χ4n) is 1.75. The number of thiazole rings is 1. The molecule has 0 amide bonds. The van der Waals surface area contributed by atoms with E-state index in [1.165, 1.54) is 12.8 Å². The van der Waals surface area contributed by atoms with Crippen molar-refractivity contribution in [3.05, 3.63) is 27.8 Å². The third kappa shape index (κ3) is 2.59. The van der Waals surface area contributed by atoms with Gasteiger partial charge in [-0.25, -0.2) is 4.98 Å². The fourth-order valence-corrected chi connectivity index (χ4v) is 2.57. The molecule has 0 bridgehead atoms. The van der Waals surface area contributed by atoms with Crippen molar-refractivity contribution in [2.45, 2.75) is 45.2 Å². The normalized spacial score (nSPS) is 17.0. The smallest absolute Gasteiger partial charge is 0.240 e. The van der Waals surface area contributed by atoms with Crippen LogP contribution in [0.2, 0.25) is 0 Å². The number of nitrogens with one attached hydrogen (secondary N) is 1. The van der Waals surface area contributed by atoms with Gasteiger partial charge in [0.15, 0.2) is 5.82 Å². The molecule has 1 N–H and O–H groups in total. The van der Waals surface area contributed by atoms with Crippen LogP contribution in [0.3, 0.4) is 0 Å². The van der Waals surface area contributed by atoms with E-state index in [1.54, 1.807) is 11.3 Å². The van der Waals surface area contributed by atoms with Crippen molar-refractivity contribution in [1.29, 1.82) is 0 Å². The Morgan fingerprint density at radius 2 is 2.33 bits per heavy atom. The van der Waals surface area contributed by atoms with Gasteiger partial charge in [-0.1, -0.05) is 5.16 Å². The van der Waals surface area contributed by atoms with Crippen molar-refractivity contribution in [2.75, 3.05) is 0 Å². The number of hydrogen-bond donors (Lipinski definition) is 1. The summed E-state index contributed by atoms with van der Waals surface area (Å²) in [6, 6.07) is 0.208. The van der Waals surface area contributed by atoms with Gasteiger partial charge in [-0.2, -0.15) is 4.98 Å². The average Bonchev–Trinajstić information content (AvgIpc) is 2.95. The quantitative estimate of drug-likeness (QED) is 0.899. The van der Waals surface area contributed by atoms with E-state index in [2.05, 4.69) is 32.7 Å². The Hall–Kier alpha value is -1.27. The Bertz CT molecular complexity index is 532. The van der Waals surface area contributed by atoms with Crippen LogP contribution in [0.1, 0.15) is 54.1 Å². The molecule has 0 aliphatic heterocycles. The second-order valence-corrected chi connectivity index (χ2v) is 5.64. The van der Waals surface area contributed by atoms with Gasteiger partial charge in [0.1, 0.15) is 5.01 Å². The molecule has 1 saturated carbocycles. The molecule has 0 saturated heterocycles. The molecule has 3 rings (SSSR count). The molecule has 1 aliphatic rings. The van der Waals surface area contributed by atoms with E-state index in [1.807, 2.05) is 6.92 Å². The van der Waals surface area contributed by atoms with Crippen molar-refractivity contribution in [3.8, 4) is 0 Å². The largest absolute Gasteiger partial charge is 0.338 e. The Kier molecular flexibility index (Phi) is 3.13. The van der Waals surface area contributed by atoms with Crippen molar-refractivity contribution >= 4 is 11.3 Å². The van der Waals surface area contributed by atoms with Crippen molar-refractivity contribution in [2.24, 2.45) is 0 Å². The number of hydrogen-bond acceptors (Lipinski definition) is 6. The highest BCUT2D eigenvalue weighted by molar-refractivity contribution is 7.09. The maximum atomic E-state index is 5.22. The molecule has 6 heteroatoms. The molecule has 1 aliphatic carbocycles. The summed E-state index contributed by atoms with van der Waals surface area (Å²) < 4.78 is 5.22. The third-order valence-corrected chi connectivity index (χ3v) is 4.14. The van der Waals surface area contributed by atoms with Gasteiger partial charge in [-0.3, -0.25) is 5.32 Å². The second kappa shape index (κ2) is 4.78. The standard InChI is InChI=1S/C12H16N4OS/c1-7-6-18-12(14-7)8(2)13-5-10-15-11(16-17-10)9-3-4-9/h6,8-9,13H,3-5H2,1-2H3/t8-/m0/s1. The molecule has 0 unspecified atom stereocenters. The van der Waals surface area contributed by atoms with Gasteiger partial charge in [0.25, 0.3) is 0 Å². The first-order valence-electron chi connectivity index (χ1n) is 6.20. The first-order valence-corrected chi connectivity index (χ1v) is 7.08. The van der Waals surface area contributed by atoms with E-state index < -0.39 is 0 Å². The first kappa shape index (κ1) is 11.8. The lowest BCUT2D eigenvalue weighted by Gasteiger charge is -2.08. The van der Waals surface area contributed by atoms with Gasteiger partial charge in [-0.05, 0) is 26.7 Å². The molecule has 2 aromatic heterocycles. The summed E-state index contributed by atoms with van der Waals surface area (Å²) in [6.45, 7) is 4.70. The molecule has 2 aromatic rings. The average molecular weight is 264 g/mol. The van der Waals surface area contributed by atoms with Crippen LogP contribution in [0, 0.1) is 6.92 Å². The van der Waals surface area contributed by atoms with Crippen LogP contribution in [0.25, 0.3) is 0 Å². The van der Waals surface area contributed by atoms with Crippen LogP contribution in [0.15, 0.2) is 9.90 Å². The predicted molar refractivity (Wildman–Crippen MR) is 68.4 cm³/mol. The van der Waals surface area contributed by atoms with Crippen LogP contribution in [0.4, 0.5) is 0 Å². The van der Waals surface area contributed by atoms with Crippen molar-refractivity contribution in [1.82, 2.24) is 20.4 Å². The molecule has 2 heterocycles. The fraction of sp³-hybridized carbons (Fsp3) is 0.583. The zero-order valence-electron chi connectivity index (χ0n) is 10.5. The van der Waals surface area contributed by atoms with Crippen LogP contribution in [-0.4, -0.2) is 15.1 Å². The lowest BCUT2D eigenvalue weighted by atomic mass is 10.3. The minimum atomic E-state index is 0.208. The molecule has 1 fully saturated rings. The molecule has 1 atom stereocenters. The molecule has 0 radical (unpaired) electrons. The summed E-state index contributed by atoms with van der Waals surface area (Å²) in [7, 11) is 0. The van der Waals surface area contributed by atoms with E-state index in [0.717, 1.165) is 16.5 Å². The van der Waals surface area contributed by atoms with E-state index in [9.17, 15) is 0 Å². The molecular formula is C12H16N4OS. The van der Waals surface area contributed by atoms with Crippen LogP contribution in [0.5, 0.6) is 0 Å². The summed E-state index contributed by atoms with van der Waals surface area (Å²) in [5.41, 5.74) is 1.07. The van der Waals surface area contributed by atoms with Gasteiger partial charge in [0.05, 0.1) is 12.6 Å². The Morgan fingerprint density at radius 1 is 1.50 bits per heavy atom. The molecule has 5 nitrogen and oxygen atoms in total. The highest BCUT2D eigenvalue weighted by atomic mass is 32.1. The lowest BCUT2D eigenvalue weighted by molar-refractivity contribution is 0.356. The maximum absolute atomic E-state index is 5.22. The van der Waals surface area contributed by atoms with Crippen LogP contribution in [-0.2, 0) is 6.54 Å². The summed E-state index contributed by atoms with van der Waals surface area (Å²) in [4.78, 5) is 8.84. The summed E-state index contributed by atoms with van der Waals surface area (Å²) >= 11 is 1.67. The van der Waals surface area contributed by atoms with E-state index >= 15 is 0 Å². The highest BCUT2D eigenvalue weighted by Gasteiger charge is 2.28. The van der Waals surface area contributed by atoms with Crippen LogP contribution < -0.4 is 5.32 Å². The molecule has 0 aromatic carbocycles. The molecular weight excluding hydrogens is 248 g/mol. The lowest BCUT2D eigenvalue weighted by Crippen LogP contribution is -2.18. The first-order chi connectivity index (χ1) is 8.72. The minimum Gasteiger partial charge on any atom is -0.338 e. The monoisotopic (exact) mass is 264 g/mol. The van der Waals surface area contributed by atoms with Gasteiger partial charge < -0.3 is 4.52 Å². The number of aryl methyl sites for hydroxylation is 1. The Morgan fingerprint density at radius 3 is 3.00 bits per heavy atom. The summed E-state index contributed by atoms with van der Waals surface area (Å²) in [5.74, 6) is 2.07. The van der Waals surface area contributed by atoms with E-state index in [-0.39, 0.29) is 6.04 Å². The third-order valence-electron chi connectivity index (χ3n) is 2.99. The van der Waals surface area contributed by atoms with Gasteiger partial charge in [0, 0.05) is 17.0 Å². The SMILES string of the molecule is Cc1csc([C@H](C)NCc2nc(C3CC3)no2)n1. The molecule has 0 spiro atoms. The summed E-state index contributed by atoms with van der Waals surface area (Å²) in [6.07, 6.45) is 2.39. The summed E-state index contributed by atoms with van der Waals surface area (Å²) in [5, 5.41) is 10.5. The van der Waals surface area contributed by atoms with Gasteiger partial charge >= 0.3 is 0 Å². The zero-order chi connectivity index (χ0) is 12.5. The number of aromatic nitrogens is 3. The highest BCUT2D eigenvalue weighted by Crippen LogP contribution is 2.38. The topological polar surface area (TPSA) is 63.8 Å². The maximum Gasteiger partial charge on any atom is 0.240 e. The van der Waals surface area contributed by atoms with E-state index in [4.69, 9.17) is 4.52 Å². The van der Waals surface area contributed by atoms with E-state index in [0.29, 0.717) is 18.4 Å². The van der Waals surface area contributed by atoms with Crippen molar-refractivity contribution < 1.29 is 4.52 Å². The van der Waals surface area contributed by atoms with Crippen LogP contribution >= 0.6 is 11.3 Å². The Labute approximate surface area is 110 Å². The number of rotatable bonds is 5. The van der Waals surface area contributed by atoms with Gasteiger partial charge in [-0.15, -0.1) is 11.3 Å². The minimum absolute atomic E-state index is 0.208. The molecule has 96 valence electrons. The molecule has 18 heavy (non-hydrogen) atoms. The van der Waals surface area contributed by atoms with Gasteiger partial charge in [0.2, 0.25) is 5.89 Å².